The van der Waals surface area contributed by atoms with E-state index in [0.717, 1.165) is 29.2 Å². The Morgan fingerprint density at radius 1 is 1.36 bits per heavy atom. The van der Waals surface area contributed by atoms with Crippen molar-refractivity contribution in [1.29, 1.82) is 0 Å². The molecule has 1 saturated heterocycles. The summed E-state index contributed by atoms with van der Waals surface area (Å²) in [5.41, 5.74) is 7.36. The summed E-state index contributed by atoms with van der Waals surface area (Å²) in [7, 11) is 2.14. The SMILES string of the molecule is C=C(S/C(C(=O)NCCC1CCCN1C)=C(/C)N)c1ccc2c(c1)OCCO2. The number of nitrogens with zero attached hydrogens (tertiary/aromatic N) is 1. The number of thioether (sulfide) groups is 1. The normalized spacial score (nSPS) is 19.9. The molecule has 7 heteroatoms. The molecule has 2 aliphatic rings. The molecule has 152 valence electrons. The minimum absolute atomic E-state index is 0.149. The molecule has 1 aromatic carbocycles. The first-order chi connectivity index (χ1) is 13.5. The summed E-state index contributed by atoms with van der Waals surface area (Å²) in [5.74, 6) is 1.28. The number of likely N-dealkylation sites (tertiary alicyclic amines) is 1. The summed E-state index contributed by atoms with van der Waals surface area (Å²) in [6.07, 6.45) is 3.38. The number of rotatable bonds is 7. The van der Waals surface area contributed by atoms with Crippen LogP contribution in [0.25, 0.3) is 4.91 Å². The largest absolute Gasteiger partial charge is 0.486 e. The van der Waals surface area contributed by atoms with Crippen molar-refractivity contribution in [3.05, 3.63) is 40.9 Å². The number of amides is 1. The molecule has 2 heterocycles. The van der Waals surface area contributed by atoms with Gasteiger partial charge in [0.1, 0.15) is 13.2 Å². The Bertz CT molecular complexity index is 774. The van der Waals surface area contributed by atoms with Crippen LogP contribution in [0.2, 0.25) is 0 Å². The van der Waals surface area contributed by atoms with Crippen LogP contribution in [-0.4, -0.2) is 50.2 Å². The maximum atomic E-state index is 12.7. The van der Waals surface area contributed by atoms with Crippen molar-refractivity contribution >= 4 is 22.6 Å². The van der Waals surface area contributed by atoms with Gasteiger partial charge in [-0.15, -0.1) is 0 Å². The van der Waals surface area contributed by atoms with Gasteiger partial charge in [0, 0.05) is 23.2 Å². The van der Waals surface area contributed by atoms with Crippen molar-refractivity contribution in [3.63, 3.8) is 0 Å². The van der Waals surface area contributed by atoms with E-state index in [4.69, 9.17) is 15.2 Å². The zero-order valence-electron chi connectivity index (χ0n) is 16.6. The highest BCUT2D eigenvalue weighted by molar-refractivity contribution is 8.12. The Kier molecular flexibility index (Phi) is 6.91. The fourth-order valence-corrected chi connectivity index (χ4v) is 4.30. The zero-order chi connectivity index (χ0) is 20.1. The Morgan fingerprint density at radius 3 is 2.79 bits per heavy atom. The van der Waals surface area contributed by atoms with E-state index in [1.807, 2.05) is 18.2 Å². The van der Waals surface area contributed by atoms with Gasteiger partial charge >= 0.3 is 0 Å². The lowest BCUT2D eigenvalue weighted by molar-refractivity contribution is -0.116. The van der Waals surface area contributed by atoms with Gasteiger partial charge in [0.2, 0.25) is 0 Å². The maximum absolute atomic E-state index is 12.7. The summed E-state index contributed by atoms with van der Waals surface area (Å²) in [6, 6.07) is 6.22. The third-order valence-electron chi connectivity index (χ3n) is 5.09. The molecule has 2 aliphatic heterocycles. The number of hydrogen-bond acceptors (Lipinski definition) is 6. The molecule has 28 heavy (non-hydrogen) atoms. The molecule has 0 aliphatic carbocycles. The first-order valence-corrected chi connectivity index (χ1v) is 10.5. The molecule has 1 atom stereocenters. The molecule has 3 rings (SSSR count). The van der Waals surface area contributed by atoms with Crippen LogP contribution in [0, 0.1) is 0 Å². The average Bonchev–Trinajstić information content (AvgIpc) is 3.10. The van der Waals surface area contributed by atoms with Crippen LogP contribution in [0.1, 0.15) is 31.7 Å². The van der Waals surface area contributed by atoms with E-state index >= 15 is 0 Å². The molecular weight excluding hydrogens is 374 g/mol. The summed E-state index contributed by atoms with van der Waals surface area (Å²) in [5, 5.41) is 3.01. The number of carbonyl (C=O) groups is 1. The van der Waals surface area contributed by atoms with Crippen LogP contribution in [0.3, 0.4) is 0 Å². The molecule has 1 aromatic rings. The predicted molar refractivity (Wildman–Crippen MR) is 114 cm³/mol. The number of nitrogens with one attached hydrogen (secondary N) is 1. The van der Waals surface area contributed by atoms with Crippen molar-refractivity contribution in [3.8, 4) is 11.5 Å². The molecule has 0 aromatic heterocycles. The Balaban J connectivity index is 1.58. The second-order valence-corrected chi connectivity index (χ2v) is 8.32. The van der Waals surface area contributed by atoms with Crippen molar-refractivity contribution < 1.29 is 14.3 Å². The third-order valence-corrected chi connectivity index (χ3v) is 6.28. The first-order valence-electron chi connectivity index (χ1n) is 9.67. The van der Waals surface area contributed by atoms with Gasteiger partial charge in [-0.05, 0) is 63.5 Å². The molecule has 0 spiro atoms. The van der Waals surface area contributed by atoms with Gasteiger partial charge in [-0.3, -0.25) is 4.79 Å². The van der Waals surface area contributed by atoms with Gasteiger partial charge in [0.15, 0.2) is 11.5 Å². The monoisotopic (exact) mass is 403 g/mol. The number of nitrogens with two attached hydrogens (primary N) is 1. The summed E-state index contributed by atoms with van der Waals surface area (Å²) < 4.78 is 11.2. The summed E-state index contributed by atoms with van der Waals surface area (Å²) in [4.78, 5) is 16.3. The van der Waals surface area contributed by atoms with Gasteiger partial charge in [-0.2, -0.15) is 0 Å². The lowest BCUT2D eigenvalue weighted by Crippen LogP contribution is -2.32. The number of carbonyl (C=O) groups excluding carboxylic acids is 1. The Morgan fingerprint density at radius 2 is 2.11 bits per heavy atom. The van der Waals surface area contributed by atoms with Gasteiger partial charge in [-0.1, -0.05) is 18.3 Å². The van der Waals surface area contributed by atoms with Crippen molar-refractivity contribution in [2.24, 2.45) is 5.73 Å². The van der Waals surface area contributed by atoms with E-state index in [1.54, 1.807) is 6.92 Å². The smallest absolute Gasteiger partial charge is 0.259 e. The molecule has 1 unspecified atom stereocenters. The minimum Gasteiger partial charge on any atom is -0.486 e. The number of ether oxygens (including phenoxy) is 2. The second-order valence-electron chi connectivity index (χ2n) is 7.22. The van der Waals surface area contributed by atoms with Crippen LogP contribution in [0.4, 0.5) is 0 Å². The molecule has 0 saturated carbocycles. The fourth-order valence-electron chi connectivity index (χ4n) is 3.48. The molecule has 1 amide bonds. The standard InChI is InChI=1S/C21H29N3O3S/c1-14(22)20(21(25)23-9-8-17-5-4-10-24(17)3)28-15(2)16-6-7-18-19(13-16)27-12-11-26-18/h6-7,13,17H,2,4-5,8-12,22H2,1,3H3,(H,23,25)/b20-14-. The van der Waals surface area contributed by atoms with Crippen molar-refractivity contribution in [2.45, 2.75) is 32.2 Å². The quantitative estimate of drug-likeness (QED) is 0.682. The van der Waals surface area contributed by atoms with E-state index in [1.165, 1.54) is 24.6 Å². The van der Waals surface area contributed by atoms with Crippen LogP contribution in [0.15, 0.2) is 35.4 Å². The van der Waals surface area contributed by atoms with E-state index < -0.39 is 0 Å². The molecule has 1 fully saturated rings. The highest BCUT2D eigenvalue weighted by Gasteiger charge is 2.21. The van der Waals surface area contributed by atoms with Crippen LogP contribution in [-0.2, 0) is 4.79 Å². The van der Waals surface area contributed by atoms with Crippen molar-refractivity contribution in [2.75, 3.05) is 33.4 Å². The number of allylic oxidation sites excluding steroid dienone is 1. The number of benzene rings is 1. The number of hydrogen-bond donors (Lipinski definition) is 2. The summed E-state index contributed by atoms with van der Waals surface area (Å²) >= 11 is 1.29. The third kappa shape index (κ3) is 5.02. The van der Waals surface area contributed by atoms with Gasteiger partial charge in [0.25, 0.3) is 5.91 Å². The van der Waals surface area contributed by atoms with Gasteiger partial charge < -0.3 is 25.4 Å². The van der Waals surface area contributed by atoms with Crippen LogP contribution in [0.5, 0.6) is 11.5 Å². The van der Waals surface area contributed by atoms with Gasteiger partial charge in [0.05, 0.1) is 4.91 Å². The fraction of sp³-hybridized carbons (Fsp3) is 0.476. The highest BCUT2D eigenvalue weighted by Crippen LogP contribution is 2.38. The van der Waals surface area contributed by atoms with Crippen LogP contribution >= 0.6 is 11.8 Å². The molecule has 0 bridgehead atoms. The van der Waals surface area contributed by atoms with E-state index in [0.29, 0.717) is 42.2 Å². The molecule has 6 nitrogen and oxygen atoms in total. The lowest BCUT2D eigenvalue weighted by Gasteiger charge is -2.20. The van der Waals surface area contributed by atoms with E-state index in [2.05, 4.69) is 23.8 Å². The Hall–Kier alpha value is -2.12. The second kappa shape index (κ2) is 9.39. The predicted octanol–water partition coefficient (Wildman–Crippen LogP) is 2.95. The van der Waals surface area contributed by atoms with E-state index in [9.17, 15) is 4.79 Å². The van der Waals surface area contributed by atoms with Gasteiger partial charge in [-0.25, -0.2) is 0 Å². The number of fused-ring (bicyclic) bond motifs is 1. The molecular formula is C21H29N3O3S. The molecule has 0 radical (unpaired) electrons. The maximum Gasteiger partial charge on any atom is 0.259 e. The van der Waals surface area contributed by atoms with Crippen LogP contribution < -0.4 is 20.5 Å². The van der Waals surface area contributed by atoms with Crippen molar-refractivity contribution in [1.82, 2.24) is 10.2 Å². The minimum atomic E-state index is -0.149. The first kappa shape index (κ1) is 20.6. The topological polar surface area (TPSA) is 76.8 Å². The summed E-state index contributed by atoms with van der Waals surface area (Å²) in [6.45, 7) is 8.72. The highest BCUT2D eigenvalue weighted by atomic mass is 32.2. The van der Waals surface area contributed by atoms with E-state index in [-0.39, 0.29) is 5.91 Å². The average molecular weight is 404 g/mol. The lowest BCUT2D eigenvalue weighted by atomic mass is 10.1. The molecule has 3 N–H and O–H groups in total. The zero-order valence-corrected chi connectivity index (χ0v) is 17.4. The Labute approximate surface area is 171 Å².